The van der Waals surface area contributed by atoms with E-state index in [9.17, 15) is 0 Å². The first-order valence-electron chi connectivity index (χ1n) is 13.3. The van der Waals surface area contributed by atoms with Crippen LogP contribution in [-0.4, -0.2) is 19.9 Å². The van der Waals surface area contributed by atoms with E-state index >= 15 is 0 Å². The Labute approximate surface area is 215 Å². The minimum absolute atomic E-state index is 0.819. The molecule has 0 fully saturated rings. The summed E-state index contributed by atoms with van der Waals surface area (Å²) >= 11 is 0. The Hall–Kier alpha value is -3.40. The van der Waals surface area contributed by atoms with Gasteiger partial charge < -0.3 is 19.9 Å². The van der Waals surface area contributed by atoms with Gasteiger partial charge in [-0.05, 0) is 85.0 Å². The van der Waals surface area contributed by atoms with E-state index in [2.05, 4.69) is 74.6 Å². The van der Waals surface area contributed by atoms with Crippen LogP contribution in [0.4, 0.5) is 0 Å². The van der Waals surface area contributed by atoms with Crippen LogP contribution in [-0.2, 0) is 38.5 Å². The fraction of sp³-hybridized carbons (Fsp3) is 0.375. The van der Waals surface area contributed by atoms with E-state index in [-0.39, 0.29) is 0 Å². The summed E-state index contributed by atoms with van der Waals surface area (Å²) in [6.07, 6.45) is 9.52. The Morgan fingerprint density at radius 2 is 0.806 bits per heavy atom. The van der Waals surface area contributed by atoms with Gasteiger partial charge in [0, 0.05) is 71.2 Å². The van der Waals surface area contributed by atoms with Crippen LogP contribution in [0.1, 0.15) is 104 Å². The van der Waals surface area contributed by atoms with Crippen LogP contribution in [0.2, 0.25) is 0 Å². The molecule has 0 amide bonds. The summed E-state index contributed by atoms with van der Waals surface area (Å²) in [5, 5.41) is 0. The number of aromatic amines is 4. The van der Waals surface area contributed by atoms with Crippen molar-refractivity contribution in [3.63, 3.8) is 0 Å². The average Bonchev–Trinajstić information content (AvgIpc) is 3.51. The second kappa shape index (κ2) is 9.24. The molecule has 0 aromatic carbocycles. The first kappa shape index (κ1) is 24.3. The summed E-state index contributed by atoms with van der Waals surface area (Å²) in [4.78, 5) is 15.3. The molecule has 0 aliphatic carbocycles. The predicted octanol–water partition coefficient (Wildman–Crippen LogP) is 7.32. The van der Waals surface area contributed by atoms with Crippen molar-refractivity contribution in [3.05, 3.63) is 103 Å². The maximum Gasteiger partial charge on any atom is 0.0287 e. The molecule has 188 valence electrons. The number of rotatable bonds is 4. The van der Waals surface area contributed by atoms with Crippen LogP contribution >= 0.6 is 0 Å². The predicted molar refractivity (Wildman–Crippen MR) is 152 cm³/mol. The Kier molecular flexibility index (Phi) is 6.23. The van der Waals surface area contributed by atoms with E-state index < -0.39 is 0 Å². The summed E-state index contributed by atoms with van der Waals surface area (Å²) in [5.41, 5.74) is 21.0. The summed E-state index contributed by atoms with van der Waals surface area (Å²) in [7, 11) is 0. The molecule has 0 radical (unpaired) electrons. The first-order valence-corrected chi connectivity index (χ1v) is 13.3. The molecular weight excluding hydrogens is 440 g/mol. The second-order valence-electron chi connectivity index (χ2n) is 10.4. The Balaban J connectivity index is 1.75. The molecule has 36 heavy (non-hydrogen) atoms. The van der Waals surface area contributed by atoms with Gasteiger partial charge in [-0.2, -0.15) is 0 Å². The van der Waals surface area contributed by atoms with Crippen molar-refractivity contribution in [1.82, 2.24) is 19.9 Å². The van der Waals surface area contributed by atoms with Gasteiger partial charge in [0.25, 0.3) is 0 Å². The second-order valence-corrected chi connectivity index (χ2v) is 10.4. The van der Waals surface area contributed by atoms with Gasteiger partial charge in [0.15, 0.2) is 0 Å². The number of hydrogen-bond acceptors (Lipinski definition) is 0. The maximum absolute atomic E-state index is 4.16. The largest absolute Gasteiger partial charge is 0.361 e. The summed E-state index contributed by atoms with van der Waals surface area (Å²) in [6.45, 7) is 21.8. The van der Waals surface area contributed by atoms with Crippen LogP contribution in [0.25, 0.3) is 12.2 Å². The molecular formula is C32H40N4. The van der Waals surface area contributed by atoms with Crippen molar-refractivity contribution in [2.24, 2.45) is 0 Å². The van der Waals surface area contributed by atoms with Crippen LogP contribution in [0, 0.1) is 27.7 Å². The lowest BCUT2D eigenvalue weighted by Gasteiger charge is -2.05. The van der Waals surface area contributed by atoms with Gasteiger partial charge in [0.2, 0.25) is 0 Å². The van der Waals surface area contributed by atoms with Crippen LogP contribution in [0.5, 0.6) is 0 Å². The monoisotopic (exact) mass is 480 g/mol. The molecule has 1 aliphatic rings. The lowest BCUT2D eigenvalue weighted by atomic mass is 9.99. The summed E-state index contributed by atoms with van der Waals surface area (Å²) in [6, 6.07) is 0. The highest BCUT2D eigenvalue weighted by atomic mass is 14.8. The van der Waals surface area contributed by atoms with Crippen molar-refractivity contribution >= 4 is 12.2 Å². The molecule has 4 heteroatoms. The SMILES string of the molecule is C=Cc1c2[nH]c(c1C)Cc1[nH]c(c(CC)c1C)Cc1[nH]c(c(C)c1CC)Cc1[nH]c(c(C)c1C=C)C2. The zero-order valence-electron chi connectivity index (χ0n) is 22.8. The number of H-pyrrole nitrogens is 4. The highest BCUT2D eigenvalue weighted by molar-refractivity contribution is 5.61. The molecule has 0 saturated carbocycles. The molecule has 4 aromatic heterocycles. The smallest absolute Gasteiger partial charge is 0.0287 e. The number of nitrogens with one attached hydrogen (secondary N) is 4. The average molecular weight is 481 g/mol. The molecule has 4 nitrogen and oxygen atoms in total. The fourth-order valence-electron chi connectivity index (χ4n) is 6.49. The lowest BCUT2D eigenvalue weighted by Crippen LogP contribution is -1.99. The van der Waals surface area contributed by atoms with Crippen molar-refractivity contribution in [2.45, 2.75) is 80.1 Å². The van der Waals surface area contributed by atoms with E-state index in [0.717, 1.165) is 38.5 Å². The Morgan fingerprint density at radius 1 is 0.500 bits per heavy atom. The normalized spacial score (nSPS) is 13.3. The number of aromatic nitrogens is 4. The fourth-order valence-corrected chi connectivity index (χ4v) is 6.49. The van der Waals surface area contributed by atoms with Gasteiger partial charge in [-0.15, -0.1) is 0 Å². The van der Waals surface area contributed by atoms with Gasteiger partial charge in [-0.3, -0.25) is 0 Å². The molecule has 0 unspecified atom stereocenters. The molecule has 5 heterocycles. The van der Waals surface area contributed by atoms with Gasteiger partial charge in [-0.25, -0.2) is 0 Å². The third kappa shape index (κ3) is 3.75. The molecule has 0 saturated heterocycles. The minimum atomic E-state index is 0.819. The van der Waals surface area contributed by atoms with E-state index in [1.807, 2.05) is 12.2 Å². The van der Waals surface area contributed by atoms with E-state index in [4.69, 9.17) is 0 Å². The van der Waals surface area contributed by atoms with Crippen LogP contribution in [0.3, 0.4) is 0 Å². The topological polar surface area (TPSA) is 63.2 Å². The highest BCUT2D eigenvalue weighted by Gasteiger charge is 2.23. The summed E-state index contributed by atoms with van der Waals surface area (Å²) < 4.78 is 0. The van der Waals surface area contributed by atoms with Crippen molar-refractivity contribution in [1.29, 1.82) is 0 Å². The van der Waals surface area contributed by atoms with Gasteiger partial charge in [0.05, 0.1) is 0 Å². The van der Waals surface area contributed by atoms with Crippen molar-refractivity contribution < 1.29 is 0 Å². The highest BCUT2D eigenvalue weighted by Crippen LogP contribution is 2.32. The lowest BCUT2D eigenvalue weighted by molar-refractivity contribution is 0.928. The molecule has 0 spiro atoms. The van der Waals surface area contributed by atoms with E-state index in [1.54, 1.807) is 0 Å². The van der Waals surface area contributed by atoms with Gasteiger partial charge in [0.1, 0.15) is 0 Å². The van der Waals surface area contributed by atoms with Crippen molar-refractivity contribution in [3.8, 4) is 0 Å². The minimum Gasteiger partial charge on any atom is -0.361 e. The molecule has 0 atom stereocenters. The maximum atomic E-state index is 4.16. The van der Waals surface area contributed by atoms with Crippen molar-refractivity contribution in [2.75, 3.05) is 0 Å². The van der Waals surface area contributed by atoms with Crippen LogP contribution in [0.15, 0.2) is 13.2 Å². The third-order valence-electron chi connectivity index (χ3n) is 8.64. The van der Waals surface area contributed by atoms with Gasteiger partial charge in [-0.1, -0.05) is 39.2 Å². The Morgan fingerprint density at radius 3 is 1.17 bits per heavy atom. The summed E-state index contributed by atoms with van der Waals surface area (Å²) in [5.74, 6) is 0. The molecule has 1 aliphatic heterocycles. The zero-order valence-corrected chi connectivity index (χ0v) is 22.8. The molecule has 8 bridgehead atoms. The third-order valence-corrected chi connectivity index (χ3v) is 8.64. The first-order chi connectivity index (χ1) is 17.3. The zero-order chi connectivity index (χ0) is 25.7. The van der Waals surface area contributed by atoms with E-state index in [1.165, 1.54) is 90.1 Å². The molecule has 4 N–H and O–H groups in total. The number of fused-ring (bicyclic) bond motifs is 8. The molecule has 5 rings (SSSR count). The quantitative estimate of drug-likeness (QED) is 0.208. The Bertz CT molecular complexity index is 1480. The molecule has 4 aromatic rings. The van der Waals surface area contributed by atoms with Gasteiger partial charge >= 0.3 is 0 Å². The number of hydrogen-bond donors (Lipinski definition) is 4. The van der Waals surface area contributed by atoms with E-state index in [0.29, 0.717) is 0 Å². The van der Waals surface area contributed by atoms with Crippen LogP contribution < -0.4 is 0 Å². The standard InChI is InChI=1S/C32H40N4/c1-9-21-17(5)25-13-26-18(6)23(11-3)31(34-26)16-32-24(12-4)20(8)28(36-32)15-30-22(10-2)19(7)27(35-30)14-29(21)33-25/h9-10,33-36H,1-2,11-16H2,3-8H3.